The lowest BCUT2D eigenvalue weighted by atomic mass is 10.2. The lowest BCUT2D eigenvalue weighted by molar-refractivity contribution is -0.135. The normalized spacial score (nSPS) is 14.7. The monoisotopic (exact) mass is 533 g/mol. The molecule has 0 atom stereocenters. The molecule has 1 fully saturated rings. The SMILES string of the molecule is CN=C(NCc1ccc(Cl)nc1)N1CCN(Cc2ccc(Cl)cc2)C(=O)C1.I. The van der Waals surface area contributed by atoms with E-state index in [1.54, 1.807) is 19.3 Å². The first-order valence-corrected chi connectivity index (χ1v) is 9.39. The van der Waals surface area contributed by atoms with Gasteiger partial charge in [-0.3, -0.25) is 9.79 Å². The van der Waals surface area contributed by atoms with Crippen LogP contribution < -0.4 is 5.32 Å². The van der Waals surface area contributed by atoms with Crippen LogP contribution in [0.3, 0.4) is 0 Å². The second kappa shape index (κ2) is 10.8. The van der Waals surface area contributed by atoms with E-state index in [0.717, 1.165) is 17.7 Å². The van der Waals surface area contributed by atoms with E-state index in [4.69, 9.17) is 23.2 Å². The summed E-state index contributed by atoms with van der Waals surface area (Å²) in [4.78, 5) is 24.7. The number of piperazine rings is 1. The number of halogens is 3. The van der Waals surface area contributed by atoms with Gasteiger partial charge in [0, 0.05) is 44.4 Å². The molecule has 1 aliphatic rings. The van der Waals surface area contributed by atoms with Gasteiger partial charge in [0.1, 0.15) is 5.15 Å². The van der Waals surface area contributed by atoms with Crippen molar-refractivity contribution in [3.63, 3.8) is 0 Å². The maximum atomic E-state index is 12.6. The Bertz CT molecular complexity index is 814. The van der Waals surface area contributed by atoms with E-state index in [2.05, 4.69) is 15.3 Å². The molecular formula is C19H22Cl2IN5O. The highest BCUT2D eigenvalue weighted by molar-refractivity contribution is 14.0. The number of pyridine rings is 1. The van der Waals surface area contributed by atoms with Crippen molar-refractivity contribution < 1.29 is 4.79 Å². The zero-order chi connectivity index (χ0) is 19.2. The summed E-state index contributed by atoms with van der Waals surface area (Å²) in [7, 11) is 1.72. The van der Waals surface area contributed by atoms with Crippen LogP contribution in [0.1, 0.15) is 11.1 Å². The molecule has 0 saturated carbocycles. The van der Waals surface area contributed by atoms with Gasteiger partial charge >= 0.3 is 0 Å². The number of guanidine groups is 1. The average Bonchev–Trinajstić information content (AvgIpc) is 2.67. The van der Waals surface area contributed by atoms with Crippen molar-refractivity contribution in [3.8, 4) is 0 Å². The van der Waals surface area contributed by atoms with E-state index < -0.39 is 0 Å². The molecule has 1 N–H and O–H groups in total. The molecule has 2 aromatic rings. The average molecular weight is 534 g/mol. The number of hydrogen-bond acceptors (Lipinski definition) is 3. The predicted octanol–water partition coefficient (Wildman–Crippen LogP) is 3.43. The summed E-state index contributed by atoms with van der Waals surface area (Å²) in [6.07, 6.45) is 1.72. The third-order valence-electron chi connectivity index (χ3n) is 4.36. The van der Waals surface area contributed by atoms with Crippen molar-refractivity contribution in [1.82, 2.24) is 20.1 Å². The lowest BCUT2D eigenvalue weighted by Crippen LogP contribution is -2.54. The molecule has 2 heterocycles. The minimum absolute atomic E-state index is 0. The first-order chi connectivity index (χ1) is 13.0. The Morgan fingerprint density at radius 1 is 1.14 bits per heavy atom. The summed E-state index contributed by atoms with van der Waals surface area (Å²) in [6, 6.07) is 11.2. The molecular weight excluding hydrogens is 512 g/mol. The van der Waals surface area contributed by atoms with E-state index in [-0.39, 0.29) is 29.9 Å². The molecule has 1 aliphatic heterocycles. The quantitative estimate of drug-likeness (QED) is 0.283. The maximum absolute atomic E-state index is 12.6. The van der Waals surface area contributed by atoms with E-state index in [0.29, 0.717) is 42.3 Å². The van der Waals surface area contributed by atoms with Crippen molar-refractivity contribution in [2.45, 2.75) is 13.1 Å². The minimum Gasteiger partial charge on any atom is -0.352 e. The number of amides is 1. The third-order valence-corrected chi connectivity index (χ3v) is 4.83. The highest BCUT2D eigenvalue weighted by Gasteiger charge is 2.25. The molecule has 0 aliphatic carbocycles. The number of carbonyl (C=O) groups is 1. The Hall–Kier alpha value is -1.58. The Kier molecular flexibility index (Phi) is 8.78. The Labute approximate surface area is 191 Å². The fourth-order valence-corrected chi connectivity index (χ4v) is 3.13. The summed E-state index contributed by atoms with van der Waals surface area (Å²) >= 11 is 11.7. The highest BCUT2D eigenvalue weighted by Crippen LogP contribution is 2.14. The summed E-state index contributed by atoms with van der Waals surface area (Å²) in [5.41, 5.74) is 2.06. The van der Waals surface area contributed by atoms with Crippen molar-refractivity contribution in [2.75, 3.05) is 26.7 Å². The van der Waals surface area contributed by atoms with E-state index >= 15 is 0 Å². The molecule has 6 nitrogen and oxygen atoms in total. The van der Waals surface area contributed by atoms with Crippen LogP contribution in [0.15, 0.2) is 47.6 Å². The van der Waals surface area contributed by atoms with Crippen LogP contribution in [0.4, 0.5) is 0 Å². The van der Waals surface area contributed by atoms with Crippen molar-refractivity contribution in [3.05, 3.63) is 63.9 Å². The van der Waals surface area contributed by atoms with Gasteiger partial charge in [0.25, 0.3) is 0 Å². The standard InChI is InChI=1S/C19H21Cl2N5O.HI/c1-22-19(24-11-15-4-7-17(21)23-10-15)26-9-8-25(18(27)13-26)12-14-2-5-16(20)6-3-14;/h2-7,10H,8-9,11-13H2,1H3,(H,22,24);1H. The van der Waals surface area contributed by atoms with Gasteiger partial charge in [0.15, 0.2) is 5.96 Å². The Balaban J connectivity index is 0.00000280. The van der Waals surface area contributed by atoms with Gasteiger partial charge in [-0.1, -0.05) is 41.4 Å². The number of aromatic nitrogens is 1. The van der Waals surface area contributed by atoms with Gasteiger partial charge < -0.3 is 15.1 Å². The number of carbonyl (C=O) groups excluding carboxylic acids is 1. The molecule has 1 amide bonds. The van der Waals surface area contributed by atoms with Crippen LogP contribution in [-0.2, 0) is 17.9 Å². The van der Waals surface area contributed by atoms with Crippen LogP contribution in [0.5, 0.6) is 0 Å². The van der Waals surface area contributed by atoms with Gasteiger partial charge in [-0.25, -0.2) is 4.98 Å². The first kappa shape index (κ1) is 22.7. The van der Waals surface area contributed by atoms with Gasteiger partial charge in [-0.2, -0.15) is 0 Å². The molecule has 0 spiro atoms. The van der Waals surface area contributed by atoms with Crippen molar-refractivity contribution in [1.29, 1.82) is 0 Å². The van der Waals surface area contributed by atoms with Crippen LogP contribution in [0.25, 0.3) is 0 Å². The number of rotatable bonds is 4. The maximum Gasteiger partial charge on any atom is 0.242 e. The minimum atomic E-state index is 0. The van der Waals surface area contributed by atoms with Crippen molar-refractivity contribution >= 4 is 59.0 Å². The molecule has 3 rings (SSSR count). The molecule has 0 bridgehead atoms. The van der Waals surface area contributed by atoms with Gasteiger partial charge in [0.2, 0.25) is 5.91 Å². The van der Waals surface area contributed by atoms with Crippen LogP contribution >= 0.6 is 47.2 Å². The van der Waals surface area contributed by atoms with Crippen molar-refractivity contribution in [2.24, 2.45) is 4.99 Å². The van der Waals surface area contributed by atoms with Gasteiger partial charge in [-0.05, 0) is 29.3 Å². The van der Waals surface area contributed by atoms with Gasteiger partial charge in [0.05, 0.1) is 6.54 Å². The third kappa shape index (κ3) is 6.22. The van der Waals surface area contributed by atoms with E-state index in [1.807, 2.05) is 40.1 Å². The highest BCUT2D eigenvalue weighted by atomic mass is 127. The largest absolute Gasteiger partial charge is 0.352 e. The molecule has 28 heavy (non-hydrogen) atoms. The summed E-state index contributed by atoms with van der Waals surface area (Å²) in [6.45, 7) is 2.82. The second-order valence-corrected chi connectivity index (χ2v) is 7.08. The smallest absolute Gasteiger partial charge is 0.242 e. The Morgan fingerprint density at radius 2 is 1.86 bits per heavy atom. The number of nitrogens with one attached hydrogen (secondary N) is 1. The number of benzene rings is 1. The molecule has 150 valence electrons. The Morgan fingerprint density at radius 3 is 2.46 bits per heavy atom. The van der Waals surface area contributed by atoms with E-state index in [9.17, 15) is 4.79 Å². The van der Waals surface area contributed by atoms with E-state index in [1.165, 1.54) is 0 Å². The number of aliphatic imine (C=N–C) groups is 1. The fourth-order valence-electron chi connectivity index (χ4n) is 2.89. The van der Waals surface area contributed by atoms with Crippen LogP contribution in [0.2, 0.25) is 10.2 Å². The summed E-state index contributed by atoms with van der Waals surface area (Å²) in [5.74, 6) is 0.775. The first-order valence-electron chi connectivity index (χ1n) is 8.63. The van der Waals surface area contributed by atoms with Crippen LogP contribution in [-0.4, -0.2) is 53.3 Å². The zero-order valence-electron chi connectivity index (χ0n) is 15.4. The van der Waals surface area contributed by atoms with Gasteiger partial charge in [-0.15, -0.1) is 24.0 Å². The number of hydrogen-bond donors (Lipinski definition) is 1. The fraction of sp³-hybridized carbons (Fsp3) is 0.316. The second-order valence-electron chi connectivity index (χ2n) is 6.25. The predicted molar refractivity (Wildman–Crippen MR) is 123 cm³/mol. The summed E-state index contributed by atoms with van der Waals surface area (Å²) in [5, 5.41) is 4.43. The molecule has 1 aromatic carbocycles. The zero-order valence-corrected chi connectivity index (χ0v) is 19.3. The molecule has 0 unspecified atom stereocenters. The summed E-state index contributed by atoms with van der Waals surface area (Å²) < 4.78 is 0. The topological polar surface area (TPSA) is 60.8 Å². The molecule has 0 radical (unpaired) electrons. The molecule has 9 heteroatoms. The number of nitrogens with zero attached hydrogens (tertiary/aromatic N) is 4. The van der Waals surface area contributed by atoms with Crippen LogP contribution in [0, 0.1) is 0 Å². The molecule has 1 saturated heterocycles. The molecule has 1 aromatic heterocycles. The lowest BCUT2D eigenvalue weighted by Gasteiger charge is -2.36.